The summed E-state index contributed by atoms with van der Waals surface area (Å²) in [6, 6.07) is 26.2. The van der Waals surface area contributed by atoms with Crippen molar-refractivity contribution in [3.8, 4) is 11.1 Å². The number of amides is 1. The van der Waals surface area contributed by atoms with E-state index in [1.54, 1.807) is 0 Å². The molecule has 0 aliphatic heterocycles. The Balaban J connectivity index is 1.71. The van der Waals surface area contributed by atoms with Crippen LogP contribution in [-0.4, -0.2) is 5.91 Å². The van der Waals surface area contributed by atoms with E-state index in [2.05, 4.69) is 35.6 Å². The number of furan rings is 2. The predicted octanol–water partition coefficient (Wildman–Crippen LogP) is 7.50. The average Bonchev–Trinajstić information content (AvgIpc) is 3.38. The molecule has 1 amide bonds. The second-order valence-electron chi connectivity index (χ2n) is 7.65. The number of carbonyl (C=O) groups excluding carboxylic acids is 1. The lowest BCUT2D eigenvalue weighted by atomic mass is 9.97. The number of carbonyl (C=O) groups is 1. The molecule has 0 saturated heterocycles. The lowest BCUT2D eigenvalue weighted by Gasteiger charge is -2.09. The first-order chi connectivity index (χ1) is 15.2. The number of hydrogen-bond donors (Lipinski definition) is 1. The van der Waals surface area contributed by atoms with E-state index in [4.69, 9.17) is 8.83 Å². The number of hydrogen-bond acceptors (Lipinski definition) is 3. The predicted molar refractivity (Wildman–Crippen MR) is 125 cm³/mol. The zero-order valence-electron chi connectivity index (χ0n) is 16.9. The monoisotopic (exact) mass is 405 g/mol. The molecule has 2 aromatic heterocycles. The second kappa shape index (κ2) is 6.74. The van der Waals surface area contributed by atoms with Crippen LogP contribution in [0.3, 0.4) is 0 Å². The molecule has 0 aliphatic carbocycles. The molecule has 4 aromatic carbocycles. The van der Waals surface area contributed by atoms with Crippen molar-refractivity contribution in [1.82, 2.24) is 0 Å². The fourth-order valence-electron chi connectivity index (χ4n) is 4.35. The molecular formula is C27H19NO3. The van der Waals surface area contributed by atoms with Crippen LogP contribution < -0.4 is 5.32 Å². The van der Waals surface area contributed by atoms with E-state index in [-0.39, 0.29) is 5.91 Å². The van der Waals surface area contributed by atoms with Gasteiger partial charge < -0.3 is 14.2 Å². The minimum atomic E-state index is -0.0473. The molecule has 1 N–H and O–H groups in total. The van der Waals surface area contributed by atoms with Gasteiger partial charge in [0, 0.05) is 33.5 Å². The topological polar surface area (TPSA) is 55.4 Å². The van der Waals surface area contributed by atoms with Crippen molar-refractivity contribution in [2.24, 2.45) is 0 Å². The third kappa shape index (κ3) is 2.65. The molecule has 31 heavy (non-hydrogen) atoms. The number of rotatable bonds is 3. The molecule has 0 radical (unpaired) electrons. The first kappa shape index (κ1) is 17.8. The van der Waals surface area contributed by atoms with Crippen molar-refractivity contribution in [3.63, 3.8) is 0 Å². The normalized spacial score (nSPS) is 11.6. The van der Waals surface area contributed by atoms with Crippen LogP contribution in [-0.2, 0) is 4.79 Å². The number of anilines is 1. The van der Waals surface area contributed by atoms with Gasteiger partial charge in [-0.2, -0.15) is 0 Å². The Hall–Kier alpha value is -4.05. The van der Waals surface area contributed by atoms with E-state index in [0.717, 1.165) is 49.4 Å². The quantitative estimate of drug-likeness (QED) is 0.332. The fraction of sp³-hybridized carbons (Fsp3) is 0.0741. The third-order valence-corrected chi connectivity index (χ3v) is 5.82. The first-order valence-electron chi connectivity index (χ1n) is 10.4. The Morgan fingerprint density at radius 1 is 0.710 bits per heavy atom. The van der Waals surface area contributed by atoms with E-state index < -0.39 is 0 Å². The van der Waals surface area contributed by atoms with E-state index in [1.807, 2.05) is 55.5 Å². The summed E-state index contributed by atoms with van der Waals surface area (Å²) in [6.45, 7) is 1.84. The van der Waals surface area contributed by atoms with Gasteiger partial charge in [-0.3, -0.25) is 4.79 Å². The molecule has 6 aromatic rings. The second-order valence-corrected chi connectivity index (χ2v) is 7.65. The van der Waals surface area contributed by atoms with Gasteiger partial charge in [-0.15, -0.1) is 0 Å². The molecule has 4 nitrogen and oxygen atoms in total. The van der Waals surface area contributed by atoms with E-state index in [0.29, 0.717) is 17.7 Å². The standard InChI is InChI=1S/C27H19NO3/c1-2-24(29)28-21-15-14-17(25-20-9-4-6-13-23(20)31-27(21)25)19-11-7-10-18-16-8-3-5-12-22(16)30-26(18)19/h3-15H,2H2,1H3,(H,28,29). The van der Waals surface area contributed by atoms with Crippen molar-refractivity contribution >= 4 is 55.5 Å². The van der Waals surface area contributed by atoms with Gasteiger partial charge in [0.25, 0.3) is 0 Å². The number of nitrogens with one attached hydrogen (secondary N) is 1. The van der Waals surface area contributed by atoms with Gasteiger partial charge in [0.1, 0.15) is 16.7 Å². The minimum absolute atomic E-state index is 0.0473. The molecule has 0 atom stereocenters. The van der Waals surface area contributed by atoms with Crippen molar-refractivity contribution in [2.75, 3.05) is 5.32 Å². The van der Waals surface area contributed by atoms with Crippen LogP contribution in [0.4, 0.5) is 5.69 Å². The van der Waals surface area contributed by atoms with Gasteiger partial charge in [-0.25, -0.2) is 0 Å². The molecule has 6 rings (SSSR count). The van der Waals surface area contributed by atoms with Crippen LogP contribution in [0.25, 0.3) is 55.0 Å². The Kier molecular flexibility index (Phi) is 3.87. The lowest BCUT2D eigenvalue weighted by molar-refractivity contribution is -0.115. The lowest BCUT2D eigenvalue weighted by Crippen LogP contribution is -2.09. The van der Waals surface area contributed by atoms with Gasteiger partial charge in [0.2, 0.25) is 5.91 Å². The van der Waals surface area contributed by atoms with Gasteiger partial charge in [-0.1, -0.05) is 67.6 Å². The summed E-state index contributed by atoms with van der Waals surface area (Å²) in [5.74, 6) is -0.0473. The van der Waals surface area contributed by atoms with E-state index in [1.165, 1.54) is 0 Å². The van der Waals surface area contributed by atoms with Crippen molar-refractivity contribution < 1.29 is 13.6 Å². The highest BCUT2D eigenvalue weighted by molar-refractivity contribution is 6.20. The van der Waals surface area contributed by atoms with Crippen LogP contribution in [0.5, 0.6) is 0 Å². The maximum absolute atomic E-state index is 12.1. The SMILES string of the molecule is CCC(=O)Nc1ccc(-c2cccc3c2oc2ccccc23)c2c1oc1ccccc12. The smallest absolute Gasteiger partial charge is 0.224 e. The Morgan fingerprint density at radius 3 is 2.19 bits per heavy atom. The Labute approximate surface area is 178 Å². The summed E-state index contributed by atoms with van der Waals surface area (Å²) < 4.78 is 12.5. The van der Waals surface area contributed by atoms with Crippen molar-refractivity contribution in [3.05, 3.63) is 78.9 Å². The number of benzene rings is 4. The summed E-state index contributed by atoms with van der Waals surface area (Å²) in [4.78, 5) is 12.1. The van der Waals surface area contributed by atoms with E-state index in [9.17, 15) is 4.79 Å². The van der Waals surface area contributed by atoms with Crippen LogP contribution >= 0.6 is 0 Å². The Morgan fingerprint density at radius 2 is 1.39 bits per heavy atom. The third-order valence-electron chi connectivity index (χ3n) is 5.82. The molecule has 0 aliphatic rings. The molecule has 0 spiro atoms. The summed E-state index contributed by atoms with van der Waals surface area (Å²) >= 11 is 0. The summed E-state index contributed by atoms with van der Waals surface area (Å²) in [6.07, 6.45) is 0.405. The molecule has 150 valence electrons. The average molecular weight is 405 g/mol. The summed E-state index contributed by atoms with van der Waals surface area (Å²) in [7, 11) is 0. The highest BCUT2D eigenvalue weighted by Crippen LogP contribution is 2.43. The van der Waals surface area contributed by atoms with Gasteiger partial charge in [0.15, 0.2) is 5.58 Å². The molecule has 0 unspecified atom stereocenters. The molecule has 0 fully saturated rings. The zero-order valence-corrected chi connectivity index (χ0v) is 16.9. The summed E-state index contributed by atoms with van der Waals surface area (Å²) in [5, 5.41) is 7.13. The zero-order chi connectivity index (χ0) is 20.9. The Bertz CT molecular complexity index is 1620. The highest BCUT2D eigenvalue weighted by Gasteiger charge is 2.20. The minimum Gasteiger partial charge on any atom is -0.455 e. The first-order valence-corrected chi connectivity index (χ1v) is 10.4. The number of fused-ring (bicyclic) bond motifs is 6. The molecule has 4 heteroatoms. The van der Waals surface area contributed by atoms with Crippen LogP contribution in [0.2, 0.25) is 0 Å². The molecule has 0 bridgehead atoms. The molecule has 0 saturated carbocycles. The van der Waals surface area contributed by atoms with Gasteiger partial charge in [0.05, 0.1) is 5.69 Å². The largest absolute Gasteiger partial charge is 0.455 e. The van der Waals surface area contributed by atoms with Crippen molar-refractivity contribution in [2.45, 2.75) is 13.3 Å². The van der Waals surface area contributed by atoms with E-state index >= 15 is 0 Å². The molecule has 2 heterocycles. The highest BCUT2D eigenvalue weighted by atomic mass is 16.3. The van der Waals surface area contributed by atoms with Crippen molar-refractivity contribution in [1.29, 1.82) is 0 Å². The summed E-state index contributed by atoms with van der Waals surface area (Å²) in [5.41, 5.74) is 5.87. The molecular weight excluding hydrogens is 386 g/mol. The maximum atomic E-state index is 12.1. The van der Waals surface area contributed by atoms with Crippen LogP contribution in [0.15, 0.2) is 87.7 Å². The van der Waals surface area contributed by atoms with Crippen LogP contribution in [0.1, 0.15) is 13.3 Å². The fourth-order valence-corrected chi connectivity index (χ4v) is 4.35. The van der Waals surface area contributed by atoms with Gasteiger partial charge >= 0.3 is 0 Å². The number of para-hydroxylation sites is 3. The maximum Gasteiger partial charge on any atom is 0.224 e. The van der Waals surface area contributed by atoms with Crippen LogP contribution in [0, 0.1) is 0 Å². The van der Waals surface area contributed by atoms with Gasteiger partial charge in [-0.05, 0) is 23.8 Å².